The van der Waals surface area contributed by atoms with Gasteiger partial charge < -0.3 is 14.8 Å². The van der Waals surface area contributed by atoms with Gasteiger partial charge in [0, 0.05) is 19.8 Å². The summed E-state index contributed by atoms with van der Waals surface area (Å²) in [7, 11) is 0. The Morgan fingerprint density at radius 2 is 2.29 bits per heavy atom. The number of hydrogen-bond acceptors (Lipinski definition) is 3. The highest BCUT2D eigenvalue weighted by Gasteiger charge is 2.14. The minimum absolute atomic E-state index is 0.0729. The van der Waals surface area contributed by atoms with E-state index in [4.69, 9.17) is 9.47 Å². The summed E-state index contributed by atoms with van der Waals surface area (Å²) in [5.74, 6) is -0.508. The van der Waals surface area contributed by atoms with Crippen molar-refractivity contribution in [2.45, 2.75) is 31.8 Å². The van der Waals surface area contributed by atoms with Gasteiger partial charge in [-0.3, -0.25) is 4.79 Å². The molecule has 1 aliphatic heterocycles. The molecule has 2 rings (SSSR count). The van der Waals surface area contributed by atoms with Gasteiger partial charge in [0.2, 0.25) is 5.91 Å². The summed E-state index contributed by atoms with van der Waals surface area (Å²) in [5.41, 5.74) is 0.421. The number of halogens is 1. The third kappa shape index (κ3) is 5.81. The Hall–Kier alpha value is -1.46. The topological polar surface area (TPSA) is 47.6 Å². The van der Waals surface area contributed by atoms with Crippen LogP contribution in [0.4, 0.5) is 4.39 Å². The van der Waals surface area contributed by atoms with Gasteiger partial charge in [0.1, 0.15) is 5.82 Å². The van der Waals surface area contributed by atoms with Gasteiger partial charge in [0.15, 0.2) is 0 Å². The van der Waals surface area contributed by atoms with Gasteiger partial charge in [-0.25, -0.2) is 4.39 Å². The Morgan fingerprint density at radius 1 is 1.43 bits per heavy atom. The fourth-order valence-corrected chi connectivity index (χ4v) is 2.27. The molecular formula is C16H22FNO3. The Kier molecular flexibility index (Phi) is 6.63. The average molecular weight is 295 g/mol. The Labute approximate surface area is 124 Å². The molecule has 0 radical (unpaired) electrons. The fourth-order valence-electron chi connectivity index (χ4n) is 2.27. The van der Waals surface area contributed by atoms with Crippen LogP contribution in [0.1, 0.15) is 24.8 Å². The van der Waals surface area contributed by atoms with Crippen molar-refractivity contribution < 1.29 is 18.7 Å². The van der Waals surface area contributed by atoms with Crippen LogP contribution in [0.25, 0.3) is 0 Å². The monoisotopic (exact) mass is 295 g/mol. The number of carbonyl (C=O) groups is 1. The maximum absolute atomic E-state index is 13.4. The molecule has 0 spiro atoms. The number of amides is 1. The van der Waals surface area contributed by atoms with Crippen LogP contribution in [0.15, 0.2) is 24.3 Å². The van der Waals surface area contributed by atoms with Crippen LogP contribution in [0.2, 0.25) is 0 Å². The first kappa shape index (κ1) is 15.9. The summed E-state index contributed by atoms with van der Waals surface area (Å²) < 4.78 is 24.3. The van der Waals surface area contributed by atoms with Crippen molar-refractivity contribution in [2.75, 3.05) is 26.4 Å². The Bertz CT molecular complexity index is 447. The summed E-state index contributed by atoms with van der Waals surface area (Å²) >= 11 is 0. The molecular weight excluding hydrogens is 273 g/mol. The minimum Gasteiger partial charge on any atom is -0.379 e. The predicted octanol–water partition coefficient (Wildman–Crippen LogP) is 2.07. The lowest BCUT2D eigenvalue weighted by molar-refractivity contribution is -0.120. The van der Waals surface area contributed by atoms with Crippen LogP contribution in [-0.4, -0.2) is 38.4 Å². The smallest absolute Gasteiger partial charge is 0.224 e. The number of hydrogen-bond donors (Lipinski definition) is 1. The molecule has 116 valence electrons. The second kappa shape index (κ2) is 8.74. The maximum atomic E-state index is 13.4. The Morgan fingerprint density at radius 3 is 3.05 bits per heavy atom. The van der Waals surface area contributed by atoms with E-state index in [1.165, 1.54) is 6.07 Å². The van der Waals surface area contributed by atoms with Crippen molar-refractivity contribution in [3.8, 4) is 0 Å². The lowest BCUT2D eigenvalue weighted by Gasteiger charge is -2.10. The van der Waals surface area contributed by atoms with Crippen molar-refractivity contribution >= 4 is 5.91 Å². The number of ether oxygens (including phenoxy) is 2. The predicted molar refractivity (Wildman–Crippen MR) is 77.5 cm³/mol. The van der Waals surface area contributed by atoms with Gasteiger partial charge in [0.25, 0.3) is 0 Å². The van der Waals surface area contributed by atoms with Gasteiger partial charge in [-0.2, -0.15) is 0 Å². The quantitative estimate of drug-likeness (QED) is 0.747. The van der Waals surface area contributed by atoms with Crippen LogP contribution in [0.3, 0.4) is 0 Å². The van der Waals surface area contributed by atoms with Gasteiger partial charge in [-0.05, 0) is 30.9 Å². The largest absolute Gasteiger partial charge is 0.379 e. The van der Waals surface area contributed by atoms with E-state index in [9.17, 15) is 9.18 Å². The van der Waals surface area contributed by atoms with Crippen molar-refractivity contribution in [3.05, 3.63) is 35.6 Å². The lowest BCUT2D eigenvalue weighted by atomic mass is 10.1. The molecule has 1 aromatic carbocycles. The number of rotatable bonds is 8. The molecule has 0 aromatic heterocycles. The normalized spacial score (nSPS) is 17.9. The third-order valence-electron chi connectivity index (χ3n) is 3.42. The molecule has 1 unspecified atom stereocenters. The number of nitrogens with one attached hydrogen (secondary N) is 1. The molecule has 1 aromatic rings. The zero-order valence-electron chi connectivity index (χ0n) is 12.1. The lowest BCUT2D eigenvalue weighted by Crippen LogP contribution is -2.27. The highest BCUT2D eigenvalue weighted by Crippen LogP contribution is 2.11. The maximum Gasteiger partial charge on any atom is 0.224 e. The van der Waals surface area contributed by atoms with E-state index < -0.39 is 0 Å². The van der Waals surface area contributed by atoms with Crippen molar-refractivity contribution in [2.24, 2.45) is 0 Å². The highest BCUT2D eigenvalue weighted by molar-refractivity contribution is 5.78. The summed E-state index contributed by atoms with van der Waals surface area (Å²) in [6.07, 6.45) is 3.24. The van der Waals surface area contributed by atoms with Crippen LogP contribution in [0.5, 0.6) is 0 Å². The first-order valence-corrected chi connectivity index (χ1v) is 7.45. The van der Waals surface area contributed by atoms with Gasteiger partial charge >= 0.3 is 0 Å². The molecule has 1 N–H and O–H groups in total. The van der Waals surface area contributed by atoms with Gasteiger partial charge in [-0.15, -0.1) is 0 Å². The van der Waals surface area contributed by atoms with Crippen molar-refractivity contribution in [1.29, 1.82) is 0 Å². The molecule has 0 aliphatic carbocycles. The van der Waals surface area contributed by atoms with E-state index in [1.807, 2.05) is 0 Å². The zero-order valence-corrected chi connectivity index (χ0v) is 12.1. The second-order valence-corrected chi connectivity index (χ2v) is 5.18. The molecule has 0 saturated carbocycles. The second-order valence-electron chi connectivity index (χ2n) is 5.18. The zero-order chi connectivity index (χ0) is 14.9. The van der Waals surface area contributed by atoms with E-state index in [0.717, 1.165) is 25.9 Å². The van der Waals surface area contributed by atoms with Gasteiger partial charge in [0.05, 0.1) is 19.1 Å². The average Bonchev–Trinajstić information content (AvgIpc) is 2.98. The van der Waals surface area contributed by atoms with Crippen LogP contribution in [-0.2, 0) is 20.7 Å². The van der Waals surface area contributed by atoms with E-state index in [1.54, 1.807) is 18.2 Å². The molecule has 1 amide bonds. The molecule has 1 fully saturated rings. The molecule has 0 bridgehead atoms. The Balaban J connectivity index is 1.52. The molecule has 5 heteroatoms. The molecule has 4 nitrogen and oxygen atoms in total. The molecule has 1 saturated heterocycles. The summed E-state index contributed by atoms with van der Waals surface area (Å²) in [5, 5.41) is 2.77. The van der Waals surface area contributed by atoms with Crippen LogP contribution >= 0.6 is 0 Å². The van der Waals surface area contributed by atoms with Crippen LogP contribution in [0, 0.1) is 5.82 Å². The third-order valence-corrected chi connectivity index (χ3v) is 3.42. The van der Waals surface area contributed by atoms with Gasteiger partial charge in [-0.1, -0.05) is 18.2 Å². The van der Waals surface area contributed by atoms with E-state index in [2.05, 4.69) is 5.32 Å². The molecule has 1 atom stereocenters. The van der Waals surface area contributed by atoms with Crippen molar-refractivity contribution in [3.63, 3.8) is 0 Å². The molecule has 1 aliphatic rings. The summed E-state index contributed by atoms with van der Waals surface area (Å²) in [4.78, 5) is 11.7. The van der Waals surface area contributed by atoms with E-state index in [-0.39, 0.29) is 24.2 Å². The summed E-state index contributed by atoms with van der Waals surface area (Å²) in [6, 6.07) is 6.33. The molecule has 21 heavy (non-hydrogen) atoms. The number of benzene rings is 1. The van der Waals surface area contributed by atoms with E-state index >= 15 is 0 Å². The van der Waals surface area contributed by atoms with Crippen LogP contribution < -0.4 is 5.32 Å². The van der Waals surface area contributed by atoms with E-state index in [0.29, 0.717) is 25.3 Å². The van der Waals surface area contributed by atoms with Crippen molar-refractivity contribution in [1.82, 2.24) is 5.32 Å². The SMILES string of the molecule is O=C(Cc1ccccc1F)NCCCOCC1CCCO1. The number of carbonyl (C=O) groups excluding carboxylic acids is 1. The first-order chi connectivity index (χ1) is 10.3. The summed E-state index contributed by atoms with van der Waals surface area (Å²) in [6.45, 7) is 2.60. The standard InChI is InChI=1S/C16H22FNO3/c17-15-7-2-1-5-13(15)11-16(19)18-8-4-9-20-12-14-6-3-10-21-14/h1-2,5,7,14H,3-4,6,8-12H2,(H,18,19). The first-order valence-electron chi connectivity index (χ1n) is 7.45. The molecule has 1 heterocycles. The minimum atomic E-state index is -0.340. The fraction of sp³-hybridized carbons (Fsp3) is 0.562. The highest BCUT2D eigenvalue weighted by atomic mass is 19.1.